The number of rotatable bonds is 1. The molecule has 2 atom stereocenters. The largest absolute Gasteiger partial charge is 0.336 e. The van der Waals surface area contributed by atoms with Gasteiger partial charge in [-0.25, -0.2) is 0 Å². The number of aryl methyl sites for hydroxylation is 1. The molecule has 2 unspecified atom stereocenters. The van der Waals surface area contributed by atoms with Crippen molar-refractivity contribution in [2.75, 3.05) is 6.54 Å². The molecule has 1 aromatic rings. The predicted octanol–water partition coefficient (Wildman–Crippen LogP) is 4.02. The van der Waals surface area contributed by atoms with Crippen molar-refractivity contribution >= 4 is 21.8 Å². The molecule has 2 nitrogen and oxygen atoms in total. The van der Waals surface area contributed by atoms with Crippen LogP contribution in [-0.4, -0.2) is 23.4 Å². The van der Waals surface area contributed by atoms with Gasteiger partial charge in [-0.2, -0.15) is 0 Å². The number of likely N-dealkylation sites (tertiary alicyclic amines) is 1. The van der Waals surface area contributed by atoms with Crippen LogP contribution in [0, 0.1) is 12.8 Å². The number of carbonyl (C=O) groups excluding carboxylic acids is 1. The number of halogens is 1. The molecule has 0 bridgehead atoms. The van der Waals surface area contributed by atoms with Crippen LogP contribution in [0.5, 0.6) is 0 Å². The molecular weight excluding hydrogens is 290 g/mol. The van der Waals surface area contributed by atoms with E-state index in [9.17, 15) is 4.79 Å². The second kappa shape index (κ2) is 5.43. The van der Waals surface area contributed by atoms with Crippen molar-refractivity contribution in [2.45, 2.75) is 39.7 Å². The number of piperidine rings is 1. The van der Waals surface area contributed by atoms with Crippen molar-refractivity contribution in [1.29, 1.82) is 0 Å². The van der Waals surface area contributed by atoms with E-state index in [0.29, 0.717) is 12.0 Å². The van der Waals surface area contributed by atoms with E-state index < -0.39 is 0 Å². The van der Waals surface area contributed by atoms with Gasteiger partial charge in [0, 0.05) is 17.1 Å². The molecule has 1 fully saturated rings. The zero-order valence-corrected chi connectivity index (χ0v) is 12.8. The van der Waals surface area contributed by atoms with E-state index in [0.717, 1.165) is 23.0 Å². The third-order valence-corrected chi connectivity index (χ3v) is 4.39. The number of benzene rings is 1. The van der Waals surface area contributed by atoms with Gasteiger partial charge in [0.15, 0.2) is 0 Å². The Morgan fingerprint density at radius 2 is 2.06 bits per heavy atom. The third-order valence-electron chi connectivity index (χ3n) is 3.73. The summed E-state index contributed by atoms with van der Waals surface area (Å²) >= 11 is 3.50. The molecule has 1 amide bonds. The van der Waals surface area contributed by atoms with Crippen LogP contribution in [0.15, 0.2) is 22.7 Å². The Bertz CT molecular complexity index is 458. The summed E-state index contributed by atoms with van der Waals surface area (Å²) in [6.07, 6.45) is 2.33. The first kappa shape index (κ1) is 13.6. The Kier molecular flexibility index (Phi) is 4.10. The van der Waals surface area contributed by atoms with Gasteiger partial charge < -0.3 is 4.90 Å². The van der Waals surface area contributed by atoms with Crippen molar-refractivity contribution in [3.8, 4) is 0 Å². The average molecular weight is 310 g/mol. The zero-order chi connectivity index (χ0) is 13.3. The minimum absolute atomic E-state index is 0.154. The van der Waals surface area contributed by atoms with Gasteiger partial charge >= 0.3 is 0 Å². The molecule has 0 aromatic heterocycles. The molecule has 0 radical (unpaired) electrons. The number of amides is 1. The molecule has 3 heteroatoms. The summed E-state index contributed by atoms with van der Waals surface area (Å²) in [6.45, 7) is 7.27. The minimum atomic E-state index is 0.154. The molecule has 1 heterocycles. The summed E-state index contributed by atoms with van der Waals surface area (Å²) in [4.78, 5) is 14.6. The van der Waals surface area contributed by atoms with E-state index in [1.165, 1.54) is 12.0 Å². The Morgan fingerprint density at radius 3 is 2.72 bits per heavy atom. The predicted molar refractivity (Wildman–Crippen MR) is 77.8 cm³/mol. The highest BCUT2D eigenvalue weighted by Gasteiger charge is 2.28. The van der Waals surface area contributed by atoms with Crippen LogP contribution in [0.2, 0.25) is 0 Å². The van der Waals surface area contributed by atoms with Gasteiger partial charge in [0.25, 0.3) is 5.91 Å². The standard InChI is InChI=1S/C15H20BrNO/c1-10-5-7-13(14(16)8-10)15(18)17-9-11(2)4-6-12(17)3/h5,7-8,11-12H,4,6,9H2,1-3H3. The molecule has 0 N–H and O–H groups in total. The van der Waals surface area contributed by atoms with Gasteiger partial charge in [0.2, 0.25) is 0 Å². The summed E-state index contributed by atoms with van der Waals surface area (Å²) < 4.78 is 0.901. The van der Waals surface area contributed by atoms with E-state index in [4.69, 9.17) is 0 Å². The van der Waals surface area contributed by atoms with E-state index in [2.05, 4.69) is 29.8 Å². The molecule has 1 saturated heterocycles. The normalized spacial score (nSPS) is 24.1. The topological polar surface area (TPSA) is 20.3 Å². The second-order valence-electron chi connectivity index (χ2n) is 5.47. The Labute approximate surface area is 117 Å². The van der Waals surface area contributed by atoms with Crippen molar-refractivity contribution in [3.63, 3.8) is 0 Å². The molecule has 0 spiro atoms. The number of carbonyl (C=O) groups is 1. The minimum Gasteiger partial charge on any atom is -0.336 e. The molecule has 2 rings (SSSR count). The van der Waals surface area contributed by atoms with Crippen molar-refractivity contribution in [2.24, 2.45) is 5.92 Å². The van der Waals surface area contributed by atoms with Gasteiger partial charge in [0.1, 0.15) is 0 Å². The second-order valence-corrected chi connectivity index (χ2v) is 6.33. The van der Waals surface area contributed by atoms with Crippen LogP contribution in [0.1, 0.15) is 42.6 Å². The summed E-state index contributed by atoms with van der Waals surface area (Å²) in [5, 5.41) is 0. The molecule has 0 aliphatic carbocycles. The lowest BCUT2D eigenvalue weighted by Crippen LogP contribution is -2.45. The summed E-state index contributed by atoms with van der Waals surface area (Å²) in [5.74, 6) is 0.760. The first-order chi connectivity index (χ1) is 8.49. The first-order valence-electron chi connectivity index (χ1n) is 6.56. The third kappa shape index (κ3) is 2.77. The maximum Gasteiger partial charge on any atom is 0.255 e. The number of nitrogens with zero attached hydrogens (tertiary/aromatic N) is 1. The summed E-state index contributed by atoms with van der Waals surface area (Å²) in [7, 11) is 0. The molecule has 98 valence electrons. The van der Waals surface area contributed by atoms with E-state index in [-0.39, 0.29) is 5.91 Å². The molecule has 1 aromatic carbocycles. The molecule has 0 saturated carbocycles. The highest BCUT2D eigenvalue weighted by Crippen LogP contribution is 2.26. The Balaban J connectivity index is 2.24. The fourth-order valence-corrected chi connectivity index (χ4v) is 3.18. The lowest BCUT2D eigenvalue weighted by atomic mass is 9.94. The van der Waals surface area contributed by atoms with Crippen LogP contribution in [0.3, 0.4) is 0 Å². The maximum atomic E-state index is 12.6. The van der Waals surface area contributed by atoms with E-state index >= 15 is 0 Å². The van der Waals surface area contributed by atoms with Gasteiger partial charge in [-0.15, -0.1) is 0 Å². The highest BCUT2D eigenvalue weighted by molar-refractivity contribution is 9.10. The van der Waals surface area contributed by atoms with Gasteiger partial charge in [-0.05, 0) is 66.2 Å². The van der Waals surface area contributed by atoms with Gasteiger partial charge in [-0.1, -0.05) is 13.0 Å². The van der Waals surface area contributed by atoms with Crippen LogP contribution < -0.4 is 0 Å². The molecule has 1 aliphatic heterocycles. The van der Waals surface area contributed by atoms with Crippen molar-refractivity contribution < 1.29 is 4.79 Å². The Hall–Kier alpha value is -0.830. The SMILES string of the molecule is Cc1ccc(C(=O)N2CC(C)CCC2C)c(Br)c1. The van der Waals surface area contributed by atoms with Crippen LogP contribution >= 0.6 is 15.9 Å². The first-order valence-corrected chi connectivity index (χ1v) is 7.35. The van der Waals surface area contributed by atoms with Crippen molar-refractivity contribution in [1.82, 2.24) is 4.90 Å². The van der Waals surface area contributed by atoms with Crippen LogP contribution in [-0.2, 0) is 0 Å². The van der Waals surface area contributed by atoms with Crippen molar-refractivity contribution in [3.05, 3.63) is 33.8 Å². The number of hydrogen-bond acceptors (Lipinski definition) is 1. The highest BCUT2D eigenvalue weighted by atomic mass is 79.9. The van der Waals surface area contributed by atoms with Gasteiger partial charge in [0.05, 0.1) is 5.56 Å². The summed E-state index contributed by atoms with van der Waals surface area (Å²) in [6, 6.07) is 6.27. The zero-order valence-electron chi connectivity index (χ0n) is 11.2. The lowest BCUT2D eigenvalue weighted by Gasteiger charge is -2.37. The quantitative estimate of drug-likeness (QED) is 0.767. The smallest absolute Gasteiger partial charge is 0.255 e. The summed E-state index contributed by atoms with van der Waals surface area (Å²) in [5.41, 5.74) is 1.94. The lowest BCUT2D eigenvalue weighted by molar-refractivity contribution is 0.0573. The van der Waals surface area contributed by atoms with Crippen LogP contribution in [0.4, 0.5) is 0 Å². The number of hydrogen-bond donors (Lipinski definition) is 0. The molecular formula is C15H20BrNO. The van der Waals surface area contributed by atoms with Crippen LogP contribution in [0.25, 0.3) is 0 Å². The fourth-order valence-electron chi connectivity index (χ4n) is 2.52. The molecule has 1 aliphatic rings. The average Bonchev–Trinajstić information content (AvgIpc) is 2.31. The van der Waals surface area contributed by atoms with E-state index in [1.807, 2.05) is 30.0 Å². The maximum absolute atomic E-state index is 12.6. The fraction of sp³-hybridized carbons (Fsp3) is 0.533. The Morgan fingerprint density at radius 1 is 1.33 bits per heavy atom. The van der Waals surface area contributed by atoms with E-state index in [1.54, 1.807) is 0 Å². The monoisotopic (exact) mass is 309 g/mol. The van der Waals surface area contributed by atoms with Gasteiger partial charge in [-0.3, -0.25) is 4.79 Å². The molecule has 18 heavy (non-hydrogen) atoms.